The van der Waals surface area contributed by atoms with Gasteiger partial charge >= 0.3 is 0 Å². The second-order valence-electron chi connectivity index (χ2n) is 7.86. The minimum Gasteiger partial charge on any atom is -0.270 e. The van der Waals surface area contributed by atoms with E-state index in [1.807, 2.05) is 12.1 Å². The van der Waals surface area contributed by atoms with Crippen LogP contribution >= 0.6 is 0 Å². The molecule has 1 aliphatic heterocycles. The van der Waals surface area contributed by atoms with Crippen molar-refractivity contribution in [1.82, 2.24) is 4.90 Å². The third kappa shape index (κ3) is 2.82. The van der Waals surface area contributed by atoms with Crippen molar-refractivity contribution in [2.45, 2.75) is 20.4 Å². The van der Waals surface area contributed by atoms with Crippen LogP contribution in [-0.4, -0.2) is 16.7 Å². The van der Waals surface area contributed by atoms with Crippen LogP contribution in [-0.2, 0) is 6.54 Å². The standard InChI is InChI=1S/C27H21NO2/c1-17-14-20(16-28-26(29)23-11-5-6-12-24(23)27(28)30)25(15-18(17)2)22-13-7-9-19-8-3-4-10-21(19)22/h3-15H,16H2,1-2H3. The van der Waals surface area contributed by atoms with E-state index in [2.05, 4.69) is 56.3 Å². The SMILES string of the molecule is Cc1cc(CN2C(=O)c3ccccc3C2=O)c(-c2cccc3ccccc23)cc1C. The van der Waals surface area contributed by atoms with Gasteiger partial charge in [-0.1, -0.05) is 66.7 Å². The highest BCUT2D eigenvalue weighted by Gasteiger charge is 2.35. The third-order valence-corrected chi connectivity index (χ3v) is 6.01. The van der Waals surface area contributed by atoms with E-state index in [0.717, 1.165) is 27.6 Å². The number of nitrogens with zero attached hydrogens (tertiary/aromatic N) is 1. The van der Waals surface area contributed by atoms with Gasteiger partial charge in [0.05, 0.1) is 17.7 Å². The van der Waals surface area contributed by atoms with Crippen LogP contribution in [0.4, 0.5) is 0 Å². The molecule has 1 aliphatic rings. The predicted octanol–water partition coefficient (Wildman–Crippen LogP) is 5.92. The zero-order valence-electron chi connectivity index (χ0n) is 17.0. The highest BCUT2D eigenvalue weighted by atomic mass is 16.2. The maximum absolute atomic E-state index is 12.9. The molecule has 5 rings (SSSR count). The van der Waals surface area contributed by atoms with Gasteiger partial charge in [0, 0.05) is 0 Å². The molecule has 0 bridgehead atoms. The van der Waals surface area contributed by atoms with Gasteiger partial charge in [0.1, 0.15) is 0 Å². The Kier molecular flexibility index (Phi) is 4.25. The number of hydrogen-bond acceptors (Lipinski definition) is 2. The summed E-state index contributed by atoms with van der Waals surface area (Å²) in [5.74, 6) is -0.449. The van der Waals surface area contributed by atoms with Crippen molar-refractivity contribution in [1.29, 1.82) is 0 Å². The molecule has 0 fully saturated rings. The average molecular weight is 391 g/mol. The molecule has 2 amide bonds. The summed E-state index contributed by atoms with van der Waals surface area (Å²) in [6, 6.07) is 25.9. The van der Waals surface area contributed by atoms with Crippen LogP contribution in [0, 0.1) is 13.8 Å². The quantitative estimate of drug-likeness (QED) is 0.407. The number of rotatable bonds is 3. The van der Waals surface area contributed by atoms with Gasteiger partial charge in [-0.15, -0.1) is 0 Å². The Balaban J connectivity index is 1.65. The van der Waals surface area contributed by atoms with Crippen molar-refractivity contribution in [2.24, 2.45) is 0 Å². The minimum atomic E-state index is -0.224. The van der Waals surface area contributed by atoms with E-state index < -0.39 is 0 Å². The third-order valence-electron chi connectivity index (χ3n) is 6.01. The smallest absolute Gasteiger partial charge is 0.261 e. The first-order chi connectivity index (χ1) is 14.5. The highest BCUT2D eigenvalue weighted by Crippen LogP contribution is 2.34. The van der Waals surface area contributed by atoms with Crippen molar-refractivity contribution >= 4 is 22.6 Å². The lowest BCUT2D eigenvalue weighted by atomic mass is 9.91. The molecule has 0 aromatic heterocycles. The number of carbonyl (C=O) groups excluding carboxylic acids is 2. The topological polar surface area (TPSA) is 37.4 Å². The lowest BCUT2D eigenvalue weighted by molar-refractivity contribution is 0.0642. The molecule has 0 saturated carbocycles. The van der Waals surface area contributed by atoms with Crippen LogP contribution in [0.15, 0.2) is 78.9 Å². The Morgan fingerprint density at radius 3 is 1.93 bits per heavy atom. The van der Waals surface area contributed by atoms with E-state index in [4.69, 9.17) is 0 Å². The van der Waals surface area contributed by atoms with Crippen molar-refractivity contribution in [3.63, 3.8) is 0 Å². The number of carbonyl (C=O) groups is 2. The lowest BCUT2D eigenvalue weighted by Gasteiger charge is -2.19. The van der Waals surface area contributed by atoms with Crippen molar-refractivity contribution in [3.8, 4) is 11.1 Å². The fourth-order valence-electron chi connectivity index (χ4n) is 4.27. The second kappa shape index (κ2) is 6.96. The number of imide groups is 1. The van der Waals surface area contributed by atoms with E-state index in [1.165, 1.54) is 15.8 Å². The molecular formula is C27H21NO2. The van der Waals surface area contributed by atoms with Crippen molar-refractivity contribution in [3.05, 3.63) is 107 Å². The molecule has 0 N–H and O–H groups in total. The summed E-state index contributed by atoms with van der Waals surface area (Å²) in [5, 5.41) is 2.33. The molecule has 0 saturated heterocycles. The van der Waals surface area contributed by atoms with Crippen molar-refractivity contribution in [2.75, 3.05) is 0 Å². The van der Waals surface area contributed by atoms with Crippen LogP contribution in [0.3, 0.4) is 0 Å². The van der Waals surface area contributed by atoms with Crippen LogP contribution in [0.2, 0.25) is 0 Å². The van der Waals surface area contributed by atoms with Gasteiger partial charge in [-0.05, 0) is 64.6 Å². The number of hydrogen-bond donors (Lipinski definition) is 0. The van der Waals surface area contributed by atoms with Crippen LogP contribution < -0.4 is 0 Å². The Bertz CT molecular complexity index is 1300. The summed E-state index contributed by atoms with van der Waals surface area (Å²) in [4.78, 5) is 27.2. The van der Waals surface area contributed by atoms with Crippen LogP contribution in [0.25, 0.3) is 21.9 Å². The number of aryl methyl sites for hydroxylation is 2. The monoisotopic (exact) mass is 391 g/mol. The van der Waals surface area contributed by atoms with Gasteiger partial charge in [-0.3, -0.25) is 14.5 Å². The zero-order chi connectivity index (χ0) is 20.8. The molecule has 0 aliphatic carbocycles. The molecule has 1 heterocycles. The molecule has 30 heavy (non-hydrogen) atoms. The summed E-state index contributed by atoms with van der Waals surface area (Å²) in [6.45, 7) is 4.41. The van der Waals surface area contributed by atoms with Crippen LogP contribution in [0.5, 0.6) is 0 Å². The Morgan fingerprint density at radius 1 is 0.633 bits per heavy atom. The summed E-state index contributed by atoms with van der Waals surface area (Å²) in [7, 11) is 0. The Hall–Kier alpha value is -3.72. The molecule has 4 aromatic rings. The molecule has 0 atom stereocenters. The van der Waals surface area contributed by atoms with Gasteiger partial charge in [0.25, 0.3) is 11.8 Å². The van der Waals surface area contributed by atoms with Gasteiger partial charge in [0.15, 0.2) is 0 Å². The predicted molar refractivity (Wildman–Crippen MR) is 120 cm³/mol. The maximum Gasteiger partial charge on any atom is 0.261 e. The van der Waals surface area contributed by atoms with Crippen LogP contribution in [0.1, 0.15) is 37.4 Å². The summed E-state index contributed by atoms with van der Waals surface area (Å²) in [5.41, 5.74) is 6.45. The van der Waals surface area contributed by atoms with E-state index in [1.54, 1.807) is 24.3 Å². The van der Waals surface area contributed by atoms with Crippen molar-refractivity contribution < 1.29 is 9.59 Å². The first kappa shape index (κ1) is 18.3. The average Bonchev–Trinajstić information content (AvgIpc) is 3.01. The van der Waals surface area contributed by atoms with Gasteiger partial charge in [-0.2, -0.15) is 0 Å². The molecule has 4 aromatic carbocycles. The zero-order valence-corrected chi connectivity index (χ0v) is 17.0. The fraction of sp³-hybridized carbons (Fsp3) is 0.111. The molecule has 3 nitrogen and oxygen atoms in total. The molecule has 146 valence electrons. The Morgan fingerprint density at radius 2 is 1.20 bits per heavy atom. The fourth-order valence-corrected chi connectivity index (χ4v) is 4.27. The number of fused-ring (bicyclic) bond motifs is 2. The number of benzene rings is 4. The lowest BCUT2D eigenvalue weighted by Crippen LogP contribution is -2.29. The van der Waals surface area contributed by atoms with E-state index in [0.29, 0.717) is 11.1 Å². The largest absolute Gasteiger partial charge is 0.270 e. The maximum atomic E-state index is 12.9. The normalized spacial score (nSPS) is 13.2. The van der Waals surface area contributed by atoms with E-state index >= 15 is 0 Å². The van der Waals surface area contributed by atoms with Gasteiger partial charge in [0.2, 0.25) is 0 Å². The van der Waals surface area contributed by atoms with Gasteiger partial charge < -0.3 is 0 Å². The first-order valence-corrected chi connectivity index (χ1v) is 10.1. The number of amides is 2. The molecule has 0 spiro atoms. The molecule has 3 heteroatoms. The Labute approximate surface area is 175 Å². The van der Waals surface area contributed by atoms with E-state index in [9.17, 15) is 9.59 Å². The molecule has 0 unspecified atom stereocenters. The highest BCUT2D eigenvalue weighted by molar-refractivity contribution is 6.21. The summed E-state index contributed by atoms with van der Waals surface area (Å²) >= 11 is 0. The minimum absolute atomic E-state index is 0.224. The second-order valence-corrected chi connectivity index (χ2v) is 7.86. The summed E-state index contributed by atoms with van der Waals surface area (Å²) < 4.78 is 0. The summed E-state index contributed by atoms with van der Waals surface area (Å²) in [6.07, 6.45) is 0. The molecular weight excluding hydrogens is 370 g/mol. The van der Waals surface area contributed by atoms with E-state index in [-0.39, 0.29) is 18.4 Å². The van der Waals surface area contributed by atoms with Gasteiger partial charge in [-0.25, -0.2) is 0 Å². The first-order valence-electron chi connectivity index (χ1n) is 10.1. The molecule has 0 radical (unpaired) electrons.